The van der Waals surface area contributed by atoms with Crippen molar-refractivity contribution in [2.45, 2.75) is 19.3 Å². The number of benzene rings is 1. The van der Waals surface area contributed by atoms with Gasteiger partial charge in [-0.1, -0.05) is 0 Å². The van der Waals surface area contributed by atoms with Crippen molar-refractivity contribution in [2.75, 3.05) is 11.9 Å². The molecule has 18 heavy (non-hydrogen) atoms. The minimum atomic E-state index is -1.62. The fourth-order valence-electron chi connectivity index (χ4n) is 1.31. The molecule has 0 aliphatic carbocycles. The second kappa shape index (κ2) is 6.34. The average Bonchev–Trinajstić information content (AvgIpc) is 2.32. The Morgan fingerprint density at radius 2 is 1.67 bits per heavy atom. The van der Waals surface area contributed by atoms with Crippen molar-refractivity contribution < 1.29 is 22.4 Å². The van der Waals surface area contributed by atoms with Gasteiger partial charge in [0.05, 0.1) is 0 Å². The van der Waals surface area contributed by atoms with Crippen LogP contribution in [0, 0.1) is 23.3 Å². The number of amides is 1. The Morgan fingerprint density at radius 1 is 1.11 bits per heavy atom. The van der Waals surface area contributed by atoms with E-state index in [1.54, 1.807) is 0 Å². The first kappa shape index (κ1) is 14.4. The lowest BCUT2D eigenvalue weighted by molar-refractivity contribution is -0.116. The first-order chi connectivity index (χ1) is 8.47. The number of halogens is 4. The van der Waals surface area contributed by atoms with Crippen molar-refractivity contribution in [1.82, 2.24) is 0 Å². The molecule has 0 saturated heterocycles. The Labute approximate surface area is 101 Å². The molecule has 7 heteroatoms. The number of carbonyl (C=O) groups is 1. The van der Waals surface area contributed by atoms with E-state index in [-0.39, 0.29) is 12.5 Å². The molecular formula is C11H12F4N2O. The van der Waals surface area contributed by atoms with Gasteiger partial charge in [-0.05, 0) is 19.4 Å². The largest absolute Gasteiger partial charge is 0.330 e. The van der Waals surface area contributed by atoms with Crippen LogP contribution in [-0.2, 0) is 4.79 Å². The topological polar surface area (TPSA) is 55.1 Å². The van der Waals surface area contributed by atoms with Gasteiger partial charge in [0, 0.05) is 12.5 Å². The van der Waals surface area contributed by atoms with Crippen molar-refractivity contribution >= 4 is 11.6 Å². The monoisotopic (exact) mass is 264 g/mol. The lowest BCUT2D eigenvalue weighted by Crippen LogP contribution is -2.15. The van der Waals surface area contributed by atoms with Gasteiger partial charge in [-0.15, -0.1) is 0 Å². The van der Waals surface area contributed by atoms with E-state index in [1.807, 2.05) is 5.32 Å². The predicted molar refractivity (Wildman–Crippen MR) is 57.8 cm³/mol. The smallest absolute Gasteiger partial charge is 0.224 e. The van der Waals surface area contributed by atoms with E-state index in [0.717, 1.165) is 0 Å². The van der Waals surface area contributed by atoms with Crippen LogP contribution in [0.25, 0.3) is 0 Å². The Morgan fingerprint density at radius 3 is 2.17 bits per heavy atom. The van der Waals surface area contributed by atoms with E-state index in [1.165, 1.54) is 0 Å². The zero-order valence-electron chi connectivity index (χ0n) is 9.40. The number of hydrogen-bond donors (Lipinski definition) is 2. The van der Waals surface area contributed by atoms with Crippen LogP contribution < -0.4 is 11.1 Å². The number of rotatable bonds is 5. The average molecular weight is 264 g/mol. The van der Waals surface area contributed by atoms with Gasteiger partial charge in [-0.25, -0.2) is 17.6 Å². The first-order valence-corrected chi connectivity index (χ1v) is 5.30. The maximum absolute atomic E-state index is 13.2. The normalized spacial score (nSPS) is 10.5. The minimum Gasteiger partial charge on any atom is -0.330 e. The van der Waals surface area contributed by atoms with E-state index < -0.39 is 34.9 Å². The van der Waals surface area contributed by atoms with Gasteiger partial charge >= 0.3 is 0 Å². The number of unbranched alkanes of at least 4 members (excludes halogenated alkanes) is 1. The molecule has 0 spiro atoms. The summed E-state index contributed by atoms with van der Waals surface area (Å²) in [5, 5.41) is 1.81. The molecular weight excluding hydrogens is 252 g/mol. The minimum absolute atomic E-state index is 0.0335. The van der Waals surface area contributed by atoms with Crippen molar-refractivity contribution in [2.24, 2.45) is 5.73 Å². The number of carbonyl (C=O) groups excluding carboxylic acids is 1. The zero-order chi connectivity index (χ0) is 13.7. The van der Waals surface area contributed by atoms with Crippen LogP contribution in [0.5, 0.6) is 0 Å². The summed E-state index contributed by atoms with van der Waals surface area (Å²) in [4.78, 5) is 11.3. The highest BCUT2D eigenvalue weighted by atomic mass is 19.2. The summed E-state index contributed by atoms with van der Waals surface area (Å²) in [6.07, 6.45) is 0.952. The third-order valence-corrected chi connectivity index (χ3v) is 2.23. The third-order valence-electron chi connectivity index (χ3n) is 2.23. The molecule has 0 saturated carbocycles. The van der Waals surface area contributed by atoms with Crippen LogP contribution in [0.3, 0.4) is 0 Å². The van der Waals surface area contributed by atoms with Crippen LogP contribution in [0.1, 0.15) is 19.3 Å². The Kier molecular flexibility index (Phi) is 5.08. The van der Waals surface area contributed by atoms with Crippen LogP contribution in [0.2, 0.25) is 0 Å². The van der Waals surface area contributed by atoms with Crippen LogP contribution >= 0.6 is 0 Å². The van der Waals surface area contributed by atoms with E-state index in [4.69, 9.17) is 5.73 Å². The number of hydrogen-bond acceptors (Lipinski definition) is 2. The fraction of sp³-hybridized carbons (Fsp3) is 0.364. The molecule has 0 atom stereocenters. The second-order valence-electron chi connectivity index (χ2n) is 3.64. The van der Waals surface area contributed by atoms with Gasteiger partial charge < -0.3 is 11.1 Å². The van der Waals surface area contributed by atoms with Gasteiger partial charge in [0.1, 0.15) is 5.69 Å². The highest BCUT2D eigenvalue weighted by Crippen LogP contribution is 2.24. The highest BCUT2D eigenvalue weighted by Gasteiger charge is 2.20. The molecule has 0 bridgehead atoms. The molecule has 1 rings (SSSR count). The molecule has 0 heterocycles. The van der Waals surface area contributed by atoms with Crippen molar-refractivity contribution in [3.63, 3.8) is 0 Å². The first-order valence-electron chi connectivity index (χ1n) is 5.30. The van der Waals surface area contributed by atoms with Gasteiger partial charge in [0.25, 0.3) is 0 Å². The van der Waals surface area contributed by atoms with Crippen molar-refractivity contribution in [1.29, 1.82) is 0 Å². The molecule has 3 N–H and O–H groups in total. The summed E-state index contributed by atoms with van der Waals surface area (Å²) in [7, 11) is 0. The molecule has 0 unspecified atom stereocenters. The maximum atomic E-state index is 13.2. The molecule has 0 aliphatic heterocycles. The summed E-state index contributed by atoms with van der Waals surface area (Å²) in [6, 6.07) is 0.0781. The third kappa shape index (κ3) is 3.43. The summed E-state index contributed by atoms with van der Waals surface area (Å²) >= 11 is 0. The predicted octanol–water partition coefficient (Wildman–Crippen LogP) is 2.31. The lowest BCUT2D eigenvalue weighted by Gasteiger charge is -2.08. The molecule has 0 aliphatic rings. The number of nitrogens with one attached hydrogen (secondary N) is 1. The van der Waals surface area contributed by atoms with Crippen LogP contribution in [0.4, 0.5) is 23.2 Å². The lowest BCUT2D eigenvalue weighted by atomic mass is 10.2. The Bertz CT molecular complexity index is 425. The molecule has 0 aromatic heterocycles. The molecule has 1 aromatic rings. The van der Waals surface area contributed by atoms with Crippen molar-refractivity contribution in [3.8, 4) is 0 Å². The number of anilines is 1. The van der Waals surface area contributed by atoms with Gasteiger partial charge in [-0.3, -0.25) is 4.79 Å². The van der Waals surface area contributed by atoms with Crippen LogP contribution in [0.15, 0.2) is 6.07 Å². The van der Waals surface area contributed by atoms with E-state index in [0.29, 0.717) is 19.4 Å². The number of nitrogens with two attached hydrogens (primary N) is 1. The fourth-order valence-corrected chi connectivity index (χ4v) is 1.31. The zero-order valence-corrected chi connectivity index (χ0v) is 9.40. The Hall–Kier alpha value is -1.63. The van der Waals surface area contributed by atoms with Crippen molar-refractivity contribution in [3.05, 3.63) is 29.3 Å². The summed E-state index contributed by atoms with van der Waals surface area (Å²) in [5.74, 6) is -7.11. The van der Waals surface area contributed by atoms with E-state index in [9.17, 15) is 22.4 Å². The quantitative estimate of drug-likeness (QED) is 0.487. The summed E-state index contributed by atoms with van der Waals surface area (Å²) in [6.45, 7) is 0.380. The standard InChI is InChI=1S/C11H12F4N2O/c12-6-5-7(13)10(15)11(9(6)14)17-8(18)3-1-2-4-16/h5H,1-4,16H2,(H,17,18). The second-order valence-corrected chi connectivity index (χ2v) is 3.64. The Balaban J connectivity index is 2.81. The highest BCUT2D eigenvalue weighted by molar-refractivity contribution is 5.90. The van der Waals surface area contributed by atoms with Gasteiger partial charge in [0.15, 0.2) is 23.3 Å². The molecule has 100 valence electrons. The molecule has 3 nitrogen and oxygen atoms in total. The van der Waals surface area contributed by atoms with E-state index >= 15 is 0 Å². The van der Waals surface area contributed by atoms with Crippen LogP contribution in [-0.4, -0.2) is 12.5 Å². The SMILES string of the molecule is NCCCCC(=O)Nc1c(F)c(F)cc(F)c1F. The van der Waals surface area contributed by atoms with Gasteiger partial charge in [0.2, 0.25) is 5.91 Å². The summed E-state index contributed by atoms with van der Waals surface area (Å²) in [5.41, 5.74) is 4.10. The summed E-state index contributed by atoms with van der Waals surface area (Å²) < 4.78 is 52.0. The van der Waals surface area contributed by atoms with E-state index in [2.05, 4.69) is 0 Å². The molecule has 0 radical (unpaired) electrons. The maximum Gasteiger partial charge on any atom is 0.224 e. The van der Waals surface area contributed by atoms with Gasteiger partial charge in [-0.2, -0.15) is 0 Å². The molecule has 0 fully saturated rings. The molecule has 1 aromatic carbocycles. The molecule has 1 amide bonds.